The second kappa shape index (κ2) is 4.73. The number of anilines is 1. The van der Waals surface area contributed by atoms with Gasteiger partial charge in [0.2, 0.25) is 5.91 Å². The van der Waals surface area contributed by atoms with E-state index in [0.717, 1.165) is 32.0 Å². The van der Waals surface area contributed by atoms with Crippen LogP contribution >= 0.6 is 0 Å². The summed E-state index contributed by atoms with van der Waals surface area (Å²) in [6, 6.07) is 2.12. The normalized spacial score (nSPS) is 16.2. The van der Waals surface area contributed by atoms with Crippen molar-refractivity contribution in [3.63, 3.8) is 0 Å². The predicted octanol–water partition coefficient (Wildman–Crippen LogP) is 1.37. The summed E-state index contributed by atoms with van der Waals surface area (Å²) in [7, 11) is 0. The van der Waals surface area contributed by atoms with Gasteiger partial charge in [-0.3, -0.25) is 4.79 Å². The number of aryl methyl sites for hydroxylation is 2. The summed E-state index contributed by atoms with van der Waals surface area (Å²) < 4.78 is 0. The van der Waals surface area contributed by atoms with Crippen molar-refractivity contribution >= 4 is 11.7 Å². The SMILES string of the molecule is CC(=O)N1CCN(c2cc(C)c(C)cn2)CC1. The third kappa shape index (κ3) is 2.57. The van der Waals surface area contributed by atoms with Crippen molar-refractivity contribution in [2.45, 2.75) is 20.8 Å². The number of carbonyl (C=O) groups excluding carboxylic acids is 1. The average Bonchev–Trinajstić information content (AvgIpc) is 2.33. The third-order valence-corrected chi connectivity index (χ3v) is 3.41. The quantitative estimate of drug-likeness (QED) is 0.735. The average molecular weight is 233 g/mol. The Morgan fingerprint density at radius 2 is 1.82 bits per heavy atom. The van der Waals surface area contributed by atoms with Gasteiger partial charge in [-0.05, 0) is 31.0 Å². The minimum Gasteiger partial charge on any atom is -0.353 e. The highest BCUT2D eigenvalue weighted by Crippen LogP contribution is 2.17. The molecule has 0 aliphatic carbocycles. The number of piperazine rings is 1. The summed E-state index contributed by atoms with van der Waals surface area (Å²) in [6.07, 6.45) is 1.92. The Labute approximate surface area is 102 Å². The number of amides is 1. The second-order valence-corrected chi connectivity index (χ2v) is 4.62. The maximum absolute atomic E-state index is 11.2. The first-order chi connectivity index (χ1) is 8.08. The molecule has 0 radical (unpaired) electrons. The molecule has 2 heterocycles. The van der Waals surface area contributed by atoms with Gasteiger partial charge < -0.3 is 9.80 Å². The molecule has 1 aromatic rings. The zero-order valence-corrected chi connectivity index (χ0v) is 10.7. The summed E-state index contributed by atoms with van der Waals surface area (Å²) in [5.41, 5.74) is 2.49. The standard InChI is InChI=1S/C13H19N3O/c1-10-8-13(14-9-11(10)2)16-6-4-15(5-7-16)12(3)17/h8-9H,4-7H2,1-3H3. The van der Waals surface area contributed by atoms with E-state index >= 15 is 0 Å². The van der Waals surface area contributed by atoms with Crippen LogP contribution in [0.3, 0.4) is 0 Å². The van der Waals surface area contributed by atoms with Gasteiger partial charge in [-0.15, -0.1) is 0 Å². The van der Waals surface area contributed by atoms with Gasteiger partial charge in [0.1, 0.15) is 5.82 Å². The van der Waals surface area contributed by atoms with Crippen molar-refractivity contribution in [3.05, 3.63) is 23.4 Å². The number of hydrogen-bond donors (Lipinski definition) is 0. The van der Waals surface area contributed by atoms with Crippen LogP contribution in [0.4, 0.5) is 5.82 Å². The first-order valence-corrected chi connectivity index (χ1v) is 6.01. The maximum Gasteiger partial charge on any atom is 0.219 e. The van der Waals surface area contributed by atoms with Crippen LogP contribution in [0, 0.1) is 13.8 Å². The Morgan fingerprint density at radius 1 is 1.18 bits per heavy atom. The summed E-state index contributed by atoms with van der Waals surface area (Å²) in [6.45, 7) is 9.13. The summed E-state index contributed by atoms with van der Waals surface area (Å²) in [5.74, 6) is 1.19. The van der Waals surface area contributed by atoms with Gasteiger partial charge in [0.05, 0.1) is 0 Å². The fraction of sp³-hybridized carbons (Fsp3) is 0.538. The van der Waals surface area contributed by atoms with Gasteiger partial charge in [0, 0.05) is 39.3 Å². The van der Waals surface area contributed by atoms with Crippen LogP contribution < -0.4 is 4.90 Å². The van der Waals surface area contributed by atoms with Gasteiger partial charge in [-0.2, -0.15) is 0 Å². The Bertz CT molecular complexity index is 423. The van der Waals surface area contributed by atoms with Crippen molar-refractivity contribution in [1.29, 1.82) is 0 Å². The summed E-state index contributed by atoms with van der Waals surface area (Å²) in [4.78, 5) is 19.8. The van der Waals surface area contributed by atoms with Gasteiger partial charge in [-0.25, -0.2) is 4.98 Å². The Hall–Kier alpha value is -1.58. The highest BCUT2D eigenvalue weighted by Gasteiger charge is 2.19. The molecule has 0 spiro atoms. The number of rotatable bonds is 1. The maximum atomic E-state index is 11.2. The lowest BCUT2D eigenvalue weighted by atomic mass is 10.2. The van der Waals surface area contributed by atoms with Crippen molar-refractivity contribution < 1.29 is 4.79 Å². The molecule has 0 bridgehead atoms. The third-order valence-electron chi connectivity index (χ3n) is 3.41. The summed E-state index contributed by atoms with van der Waals surface area (Å²) >= 11 is 0. The van der Waals surface area contributed by atoms with E-state index < -0.39 is 0 Å². The van der Waals surface area contributed by atoms with Crippen molar-refractivity contribution in [1.82, 2.24) is 9.88 Å². The van der Waals surface area contributed by atoms with E-state index in [9.17, 15) is 4.79 Å². The molecule has 0 saturated carbocycles. The molecule has 1 aromatic heterocycles. The van der Waals surface area contributed by atoms with E-state index in [1.54, 1.807) is 6.92 Å². The molecule has 0 aromatic carbocycles. The molecular formula is C13H19N3O. The molecule has 0 N–H and O–H groups in total. The molecule has 0 unspecified atom stereocenters. The van der Waals surface area contributed by atoms with Gasteiger partial charge in [0.15, 0.2) is 0 Å². The number of nitrogens with zero attached hydrogens (tertiary/aromatic N) is 3. The number of pyridine rings is 1. The highest BCUT2D eigenvalue weighted by molar-refractivity contribution is 5.73. The first-order valence-electron chi connectivity index (χ1n) is 6.01. The molecule has 0 atom stereocenters. The molecule has 92 valence electrons. The second-order valence-electron chi connectivity index (χ2n) is 4.62. The Kier molecular flexibility index (Phi) is 3.31. The van der Waals surface area contributed by atoms with Crippen LogP contribution in [0.2, 0.25) is 0 Å². The van der Waals surface area contributed by atoms with Gasteiger partial charge in [0.25, 0.3) is 0 Å². The molecule has 1 aliphatic rings. The number of carbonyl (C=O) groups is 1. The Morgan fingerprint density at radius 3 is 2.35 bits per heavy atom. The molecule has 1 amide bonds. The highest BCUT2D eigenvalue weighted by atomic mass is 16.2. The fourth-order valence-corrected chi connectivity index (χ4v) is 2.03. The zero-order chi connectivity index (χ0) is 12.4. The predicted molar refractivity (Wildman–Crippen MR) is 68.2 cm³/mol. The van der Waals surface area contributed by atoms with Crippen LogP contribution in [0.5, 0.6) is 0 Å². The van der Waals surface area contributed by atoms with Crippen LogP contribution in [-0.2, 0) is 4.79 Å². The molecular weight excluding hydrogens is 214 g/mol. The van der Waals surface area contributed by atoms with Crippen molar-refractivity contribution in [2.75, 3.05) is 31.1 Å². The van der Waals surface area contributed by atoms with Crippen LogP contribution in [0.25, 0.3) is 0 Å². The van der Waals surface area contributed by atoms with Crippen LogP contribution in [-0.4, -0.2) is 42.0 Å². The molecule has 4 nitrogen and oxygen atoms in total. The van der Waals surface area contributed by atoms with Crippen LogP contribution in [0.1, 0.15) is 18.1 Å². The van der Waals surface area contributed by atoms with Crippen molar-refractivity contribution in [3.8, 4) is 0 Å². The van der Waals surface area contributed by atoms with E-state index in [0.29, 0.717) is 0 Å². The number of hydrogen-bond acceptors (Lipinski definition) is 3. The van der Waals surface area contributed by atoms with Gasteiger partial charge in [-0.1, -0.05) is 0 Å². The minimum atomic E-state index is 0.165. The van der Waals surface area contributed by atoms with E-state index in [-0.39, 0.29) is 5.91 Å². The number of aromatic nitrogens is 1. The summed E-state index contributed by atoms with van der Waals surface area (Å²) in [5, 5.41) is 0. The topological polar surface area (TPSA) is 36.4 Å². The molecule has 2 rings (SSSR count). The van der Waals surface area contributed by atoms with E-state index in [2.05, 4.69) is 29.8 Å². The molecule has 4 heteroatoms. The first kappa shape index (κ1) is 11.9. The lowest BCUT2D eigenvalue weighted by Crippen LogP contribution is -2.48. The molecule has 1 fully saturated rings. The van der Waals surface area contributed by atoms with E-state index in [1.807, 2.05) is 11.1 Å². The monoisotopic (exact) mass is 233 g/mol. The Balaban J connectivity index is 2.05. The molecule has 17 heavy (non-hydrogen) atoms. The lowest BCUT2D eigenvalue weighted by molar-refractivity contribution is -0.129. The van der Waals surface area contributed by atoms with Gasteiger partial charge >= 0.3 is 0 Å². The van der Waals surface area contributed by atoms with Crippen LogP contribution in [0.15, 0.2) is 12.3 Å². The van der Waals surface area contributed by atoms with E-state index in [4.69, 9.17) is 0 Å². The van der Waals surface area contributed by atoms with E-state index in [1.165, 1.54) is 11.1 Å². The smallest absolute Gasteiger partial charge is 0.219 e. The fourth-order valence-electron chi connectivity index (χ4n) is 2.03. The molecule has 1 saturated heterocycles. The molecule has 1 aliphatic heterocycles. The van der Waals surface area contributed by atoms with Crippen molar-refractivity contribution in [2.24, 2.45) is 0 Å². The zero-order valence-electron chi connectivity index (χ0n) is 10.7. The minimum absolute atomic E-state index is 0.165. The lowest BCUT2D eigenvalue weighted by Gasteiger charge is -2.35. The largest absolute Gasteiger partial charge is 0.353 e.